The van der Waals surface area contributed by atoms with E-state index in [9.17, 15) is 18.5 Å². The first kappa shape index (κ1) is 15.6. The van der Waals surface area contributed by atoms with Crippen molar-refractivity contribution >= 4 is 39.1 Å². The van der Waals surface area contributed by atoms with Gasteiger partial charge in [0.2, 0.25) is 10.0 Å². The zero-order valence-corrected chi connectivity index (χ0v) is 13.0. The van der Waals surface area contributed by atoms with Crippen LogP contribution < -0.4 is 0 Å². The quantitative estimate of drug-likeness (QED) is 0.625. The van der Waals surface area contributed by atoms with E-state index in [1.807, 2.05) is 6.92 Å². The lowest BCUT2D eigenvalue weighted by Gasteiger charge is -2.32. The van der Waals surface area contributed by atoms with Gasteiger partial charge in [-0.15, -0.1) is 0 Å². The monoisotopic (exact) mass is 336 g/mol. The number of benzene rings is 1. The summed E-state index contributed by atoms with van der Waals surface area (Å²) in [5.41, 5.74) is -0.285. The second-order valence-corrected chi connectivity index (χ2v) is 7.83. The van der Waals surface area contributed by atoms with Gasteiger partial charge in [0.25, 0.3) is 5.69 Å². The van der Waals surface area contributed by atoms with Crippen molar-refractivity contribution in [1.29, 1.82) is 0 Å². The van der Waals surface area contributed by atoms with Crippen LogP contribution in [0.4, 0.5) is 5.69 Å². The van der Waals surface area contributed by atoms with Gasteiger partial charge in [0.05, 0.1) is 9.95 Å². The molecule has 1 atom stereocenters. The van der Waals surface area contributed by atoms with Crippen LogP contribution >= 0.6 is 23.4 Å². The number of thioether (sulfide) groups is 1. The smallest absolute Gasteiger partial charge is 0.258 e. The van der Waals surface area contributed by atoms with Crippen LogP contribution in [0.25, 0.3) is 0 Å². The second kappa shape index (κ2) is 5.88. The molecule has 1 aromatic rings. The highest BCUT2D eigenvalue weighted by Crippen LogP contribution is 2.31. The van der Waals surface area contributed by atoms with Gasteiger partial charge in [-0.05, 0) is 13.0 Å². The topological polar surface area (TPSA) is 80.5 Å². The number of hydrogen-bond acceptors (Lipinski definition) is 5. The first-order valence-electron chi connectivity index (χ1n) is 5.87. The van der Waals surface area contributed by atoms with Crippen molar-refractivity contribution in [1.82, 2.24) is 4.31 Å². The van der Waals surface area contributed by atoms with Crippen molar-refractivity contribution in [2.45, 2.75) is 17.9 Å². The molecule has 1 aliphatic rings. The van der Waals surface area contributed by atoms with E-state index < -0.39 is 14.9 Å². The summed E-state index contributed by atoms with van der Waals surface area (Å²) in [5.74, 6) is 1.40. The molecule has 1 fully saturated rings. The molecule has 0 spiro atoms. The van der Waals surface area contributed by atoms with Crippen LogP contribution in [0.3, 0.4) is 0 Å². The summed E-state index contributed by atoms with van der Waals surface area (Å²) < 4.78 is 26.6. The third kappa shape index (κ3) is 2.93. The average molecular weight is 337 g/mol. The normalized spacial score (nSPS) is 20.8. The Kier molecular flexibility index (Phi) is 4.58. The largest absolute Gasteiger partial charge is 0.270 e. The third-order valence-electron chi connectivity index (χ3n) is 3.02. The molecule has 20 heavy (non-hydrogen) atoms. The minimum absolute atomic E-state index is 0.000950. The molecule has 0 aromatic heterocycles. The molecule has 0 saturated carbocycles. The van der Waals surface area contributed by atoms with Crippen LogP contribution in [0.15, 0.2) is 23.1 Å². The van der Waals surface area contributed by atoms with E-state index in [0.29, 0.717) is 18.1 Å². The van der Waals surface area contributed by atoms with Crippen molar-refractivity contribution in [3.8, 4) is 0 Å². The van der Waals surface area contributed by atoms with Crippen LogP contribution in [0.2, 0.25) is 5.02 Å². The van der Waals surface area contributed by atoms with Gasteiger partial charge >= 0.3 is 0 Å². The lowest BCUT2D eigenvalue weighted by Crippen LogP contribution is -2.44. The minimum atomic E-state index is -3.81. The standard InChI is InChI=1S/C11H13ClN2O4S2/c1-8-7-19-5-4-13(8)20(17,18)11-6-9(14(15)16)2-3-10(11)12/h2-3,6,8H,4-5,7H2,1H3. The number of nitro benzene ring substituents is 1. The summed E-state index contributed by atoms with van der Waals surface area (Å²) in [6.07, 6.45) is 0. The number of halogens is 1. The Morgan fingerprint density at radius 3 is 2.80 bits per heavy atom. The van der Waals surface area contributed by atoms with Crippen molar-refractivity contribution in [2.24, 2.45) is 0 Å². The zero-order valence-electron chi connectivity index (χ0n) is 10.7. The summed E-state index contributed by atoms with van der Waals surface area (Å²) in [5, 5.41) is 10.8. The molecule has 110 valence electrons. The minimum Gasteiger partial charge on any atom is -0.258 e. The number of nitro groups is 1. The molecule has 1 heterocycles. The number of non-ortho nitro benzene ring substituents is 1. The molecule has 2 rings (SSSR count). The molecule has 0 bridgehead atoms. The predicted octanol–water partition coefficient (Wildman–Crippen LogP) is 2.37. The van der Waals surface area contributed by atoms with Crippen molar-refractivity contribution in [3.05, 3.63) is 33.3 Å². The van der Waals surface area contributed by atoms with Crippen LogP contribution in [0.5, 0.6) is 0 Å². The lowest BCUT2D eigenvalue weighted by molar-refractivity contribution is -0.385. The Morgan fingerprint density at radius 2 is 2.20 bits per heavy atom. The highest BCUT2D eigenvalue weighted by molar-refractivity contribution is 7.99. The number of rotatable bonds is 3. The Hall–Kier alpha value is -0.830. The molecule has 9 heteroatoms. The van der Waals surface area contributed by atoms with E-state index in [2.05, 4.69) is 0 Å². The Morgan fingerprint density at radius 1 is 1.50 bits per heavy atom. The van der Waals surface area contributed by atoms with Crippen LogP contribution in [0.1, 0.15) is 6.92 Å². The molecule has 0 amide bonds. The molecule has 1 saturated heterocycles. The molecule has 1 aromatic carbocycles. The van der Waals surface area contributed by atoms with Gasteiger partial charge in [-0.25, -0.2) is 8.42 Å². The lowest BCUT2D eigenvalue weighted by atomic mass is 10.3. The van der Waals surface area contributed by atoms with Crippen molar-refractivity contribution in [2.75, 3.05) is 18.1 Å². The fourth-order valence-corrected chi connectivity index (χ4v) is 5.35. The Labute approximate surface area is 126 Å². The van der Waals surface area contributed by atoms with Gasteiger partial charge in [0.1, 0.15) is 4.90 Å². The van der Waals surface area contributed by atoms with Gasteiger partial charge in [-0.3, -0.25) is 10.1 Å². The Balaban J connectivity index is 2.48. The summed E-state index contributed by atoms with van der Waals surface area (Å²) in [4.78, 5) is 9.95. The maximum atomic E-state index is 12.6. The fraction of sp³-hybridized carbons (Fsp3) is 0.455. The molecule has 6 nitrogen and oxygen atoms in total. The van der Waals surface area contributed by atoms with E-state index in [4.69, 9.17) is 11.6 Å². The second-order valence-electron chi connectivity index (χ2n) is 4.41. The van der Waals surface area contributed by atoms with Gasteiger partial charge < -0.3 is 0 Å². The molecule has 0 radical (unpaired) electrons. The first-order chi connectivity index (χ1) is 9.34. The van der Waals surface area contributed by atoms with Crippen LogP contribution in [-0.4, -0.2) is 41.7 Å². The summed E-state index contributed by atoms with van der Waals surface area (Å²) in [6, 6.07) is 3.30. The summed E-state index contributed by atoms with van der Waals surface area (Å²) in [7, 11) is -3.81. The summed E-state index contributed by atoms with van der Waals surface area (Å²) in [6.45, 7) is 2.20. The van der Waals surface area contributed by atoms with Gasteiger partial charge in [0, 0.05) is 36.2 Å². The van der Waals surface area contributed by atoms with E-state index in [1.165, 1.54) is 16.4 Å². The number of sulfonamides is 1. The maximum Gasteiger partial charge on any atom is 0.270 e. The third-order valence-corrected chi connectivity index (χ3v) is 6.70. The summed E-state index contributed by atoms with van der Waals surface area (Å²) >= 11 is 7.60. The molecule has 0 aliphatic carbocycles. The van der Waals surface area contributed by atoms with Crippen LogP contribution in [-0.2, 0) is 10.0 Å². The van der Waals surface area contributed by atoms with Crippen molar-refractivity contribution < 1.29 is 13.3 Å². The highest BCUT2D eigenvalue weighted by Gasteiger charge is 2.33. The Bertz CT molecular complexity index is 635. The molecular formula is C11H13ClN2O4S2. The van der Waals surface area contributed by atoms with Crippen LogP contribution in [0, 0.1) is 10.1 Å². The fourth-order valence-electron chi connectivity index (χ4n) is 2.00. The van der Waals surface area contributed by atoms with Crippen molar-refractivity contribution in [3.63, 3.8) is 0 Å². The van der Waals surface area contributed by atoms with E-state index in [-0.39, 0.29) is 21.6 Å². The highest BCUT2D eigenvalue weighted by atomic mass is 35.5. The van der Waals surface area contributed by atoms with Gasteiger partial charge in [0.15, 0.2) is 0 Å². The SMILES string of the molecule is CC1CSCCN1S(=O)(=O)c1cc([N+](=O)[O-])ccc1Cl. The molecular weight excluding hydrogens is 324 g/mol. The number of hydrogen-bond donors (Lipinski definition) is 0. The van der Waals surface area contributed by atoms with E-state index in [1.54, 1.807) is 11.8 Å². The molecule has 0 N–H and O–H groups in total. The average Bonchev–Trinajstić information content (AvgIpc) is 2.39. The van der Waals surface area contributed by atoms with E-state index in [0.717, 1.165) is 6.07 Å². The molecule has 1 unspecified atom stereocenters. The van der Waals surface area contributed by atoms with Gasteiger partial charge in [-0.1, -0.05) is 11.6 Å². The first-order valence-corrected chi connectivity index (χ1v) is 8.85. The number of nitrogens with zero attached hydrogens (tertiary/aromatic N) is 2. The predicted molar refractivity (Wildman–Crippen MR) is 78.8 cm³/mol. The maximum absolute atomic E-state index is 12.6. The van der Waals surface area contributed by atoms with E-state index >= 15 is 0 Å². The zero-order chi connectivity index (χ0) is 14.9. The van der Waals surface area contributed by atoms with Gasteiger partial charge in [-0.2, -0.15) is 16.1 Å². The molecule has 1 aliphatic heterocycles.